The molecule has 2 amide bonds. The lowest BCUT2D eigenvalue weighted by molar-refractivity contribution is 0.0995. The van der Waals surface area contributed by atoms with Crippen molar-refractivity contribution >= 4 is 44.6 Å². The van der Waals surface area contributed by atoms with Crippen molar-refractivity contribution in [1.29, 1.82) is 0 Å². The molecule has 8 heteroatoms. The molecule has 134 valence electrons. The molecule has 0 unspecified atom stereocenters. The first-order chi connectivity index (χ1) is 12.7. The predicted molar refractivity (Wildman–Crippen MR) is 102 cm³/mol. The van der Waals surface area contributed by atoms with Gasteiger partial charge in [-0.1, -0.05) is 6.42 Å². The fourth-order valence-electron chi connectivity index (χ4n) is 2.85. The Hall–Kier alpha value is -2.45. The molecule has 0 saturated heterocycles. The standard InChI is InChI=1S/C18H17N3O3S2/c22-16(12-6-4-10-24-12)20-15-9-8-14(25-15)17(23)21-18-19-11-5-2-1-3-7-13(11)26-18/h4,6,8-10H,1-3,5,7H2,(H,20,22)(H,19,21,23). The van der Waals surface area contributed by atoms with Crippen molar-refractivity contribution in [2.45, 2.75) is 32.1 Å². The first-order valence-corrected chi connectivity index (χ1v) is 10.1. The summed E-state index contributed by atoms with van der Waals surface area (Å²) in [7, 11) is 0. The largest absolute Gasteiger partial charge is 0.459 e. The molecule has 6 nitrogen and oxygen atoms in total. The first kappa shape index (κ1) is 17.0. The monoisotopic (exact) mass is 387 g/mol. The molecule has 3 aromatic rings. The number of nitrogens with one attached hydrogen (secondary N) is 2. The van der Waals surface area contributed by atoms with Crippen LogP contribution in [-0.4, -0.2) is 16.8 Å². The van der Waals surface area contributed by atoms with Crippen LogP contribution in [0.15, 0.2) is 34.9 Å². The summed E-state index contributed by atoms with van der Waals surface area (Å²) in [6.07, 6.45) is 7.07. The van der Waals surface area contributed by atoms with E-state index in [1.54, 1.807) is 35.6 Å². The third-order valence-corrected chi connectivity index (χ3v) is 6.20. The van der Waals surface area contributed by atoms with Gasteiger partial charge < -0.3 is 9.73 Å². The van der Waals surface area contributed by atoms with Crippen LogP contribution in [0.4, 0.5) is 10.1 Å². The van der Waals surface area contributed by atoms with Gasteiger partial charge >= 0.3 is 0 Å². The minimum atomic E-state index is -0.340. The van der Waals surface area contributed by atoms with Crippen molar-refractivity contribution in [3.63, 3.8) is 0 Å². The van der Waals surface area contributed by atoms with E-state index in [0.717, 1.165) is 25.0 Å². The molecule has 0 aliphatic heterocycles. The van der Waals surface area contributed by atoms with E-state index in [0.29, 0.717) is 15.0 Å². The number of rotatable bonds is 4. The number of aryl methyl sites for hydroxylation is 2. The van der Waals surface area contributed by atoms with Crippen molar-refractivity contribution < 1.29 is 14.0 Å². The summed E-state index contributed by atoms with van der Waals surface area (Å²) < 4.78 is 5.06. The maximum Gasteiger partial charge on any atom is 0.291 e. The van der Waals surface area contributed by atoms with Crippen LogP contribution in [0.5, 0.6) is 0 Å². The zero-order valence-electron chi connectivity index (χ0n) is 13.9. The Kier molecular flexibility index (Phi) is 4.85. The Labute approximate surface area is 158 Å². The lowest BCUT2D eigenvalue weighted by Crippen LogP contribution is -2.10. The highest BCUT2D eigenvalue weighted by Gasteiger charge is 2.17. The molecule has 0 aromatic carbocycles. The molecule has 2 N–H and O–H groups in total. The molecule has 1 aliphatic carbocycles. The number of furan rings is 1. The molecule has 1 aliphatic rings. The van der Waals surface area contributed by atoms with E-state index in [4.69, 9.17) is 4.42 Å². The average Bonchev–Trinajstić information content (AvgIpc) is 3.35. The summed E-state index contributed by atoms with van der Waals surface area (Å²) in [5.41, 5.74) is 1.13. The van der Waals surface area contributed by atoms with Crippen molar-refractivity contribution in [3.05, 3.63) is 51.7 Å². The van der Waals surface area contributed by atoms with E-state index in [9.17, 15) is 9.59 Å². The van der Waals surface area contributed by atoms with Gasteiger partial charge in [-0.05, 0) is 49.9 Å². The quantitative estimate of drug-likeness (QED) is 0.642. The Morgan fingerprint density at radius 1 is 1.00 bits per heavy atom. The van der Waals surface area contributed by atoms with E-state index in [1.165, 1.54) is 35.3 Å². The van der Waals surface area contributed by atoms with E-state index in [2.05, 4.69) is 15.6 Å². The number of thiazole rings is 1. The van der Waals surface area contributed by atoms with E-state index >= 15 is 0 Å². The molecule has 0 atom stereocenters. The van der Waals surface area contributed by atoms with Gasteiger partial charge in [0.1, 0.15) is 0 Å². The number of carbonyl (C=O) groups excluding carboxylic acids is 2. The van der Waals surface area contributed by atoms with Crippen LogP contribution in [0, 0.1) is 0 Å². The molecule has 4 rings (SSSR count). The Bertz CT molecular complexity index is 904. The smallest absolute Gasteiger partial charge is 0.291 e. The second kappa shape index (κ2) is 7.43. The number of hydrogen-bond acceptors (Lipinski definition) is 6. The summed E-state index contributed by atoms with van der Waals surface area (Å²) in [6.45, 7) is 0. The van der Waals surface area contributed by atoms with Crippen LogP contribution in [0.1, 0.15) is 50.1 Å². The van der Waals surface area contributed by atoms with E-state index < -0.39 is 0 Å². The summed E-state index contributed by atoms with van der Waals surface area (Å²) >= 11 is 2.78. The number of thiophene rings is 1. The van der Waals surface area contributed by atoms with Crippen LogP contribution in [0.25, 0.3) is 0 Å². The number of aromatic nitrogens is 1. The number of nitrogens with zero attached hydrogens (tertiary/aromatic N) is 1. The summed E-state index contributed by atoms with van der Waals surface area (Å²) in [5.74, 6) is -0.321. The van der Waals surface area contributed by atoms with Gasteiger partial charge in [-0.25, -0.2) is 4.98 Å². The third kappa shape index (κ3) is 3.71. The summed E-state index contributed by atoms with van der Waals surface area (Å²) in [5, 5.41) is 6.84. The van der Waals surface area contributed by atoms with Gasteiger partial charge in [0.2, 0.25) is 0 Å². The highest BCUT2D eigenvalue weighted by Crippen LogP contribution is 2.30. The van der Waals surface area contributed by atoms with Crippen LogP contribution in [-0.2, 0) is 12.8 Å². The molecule has 0 bridgehead atoms. The van der Waals surface area contributed by atoms with Gasteiger partial charge in [0.25, 0.3) is 11.8 Å². The highest BCUT2D eigenvalue weighted by molar-refractivity contribution is 7.18. The fraction of sp³-hybridized carbons (Fsp3) is 0.278. The second-order valence-electron chi connectivity index (χ2n) is 6.00. The van der Waals surface area contributed by atoms with E-state index in [1.807, 2.05) is 0 Å². The molecule has 0 spiro atoms. The lowest BCUT2D eigenvalue weighted by Gasteiger charge is -2.00. The normalized spacial score (nSPS) is 13.7. The number of carbonyl (C=O) groups is 2. The minimum Gasteiger partial charge on any atom is -0.459 e. The Morgan fingerprint density at radius 2 is 1.88 bits per heavy atom. The Balaban J connectivity index is 1.41. The molecule has 3 heterocycles. The topological polar surface area (TPSA) is 84.2 Å². The van der Waals surface area contributed by atoms with Crippen LogP contribution >= 0.6 is 22.7 Å². The van der Waals surface area contributed by atoms with Crippen molar-refractivity contribution in [1.82, 2.24) is 4.98 Å². The van der Waals surface area contributed by atoms with Crippen LogP contribution in [0.2, 0.25) is 0 Å². The van der Waals surface area contributed by atoms with Gasteiger partial charge in [-0.15, -0.1) is 22.7 Å². The lowest BCUT2D eigenvalue weighted by atomic mass is 10.2. The van der Waals surface area contributed by atoms with Gasteiger partial charge in [-0.3, -0.25) is 14.9 Å². The van der Waals surface area contributed by atoms with Crippen LogP contribution in [0.3, 0.4) is 0 Å². The zero-order valence-corrected chi connectivity index (χ0v) is 15.5. The number of anilines is 2. The van der Waals surface area contributed by atoms with Crippen molar-refractivity contribution in [2.24, 2.45) is 0 Å². The number of amides is 2. The van der Waals surface area contributed by atoms with Crippen LogP contribution < -0.4 is 10.6 Å². The predicted octanol–water partition coefficient (Wildman–Crippen LogP) is 4.57. The van der Waals surface area contributed by atoms with Crippen molar-refractivity contribution in [3.8, 4) is 0 Å². The van der Waals surface area contributed by atoms with Gasteiger partial charge in [0.15, 0.2) is 10.9 Å². The van der Waals surface area contributed by atoms with Gasteiger partial charge in [0.05, 0.1) is 21.8 Å². The first-order valence-electron chi connectivity index (χ1n) is 8.43. The molecule has 3 aromatic heterocycles. The van der Waals surface area contributed by atoms with Crippen molar-refractivity contribution in [2.75, 3.05) is 10.6 Å². The maximum atomic E-state index is 12.5. The zero-order chi connectivity index (χ0) is 17.9. The molecule has 26 heavy (non-hydrogen) atoms. The van der Waals surface area contributed by atoms with E-state index in [-0.39, 0.29) is 17.6 Å². The number of hydrogen-bond donors (Lipinski definition) is 2. The summed E-state index contributed by atoms with van der Waals surface area (Å²) in [4.78, 5) is 30.8. The molecule has 0 radical (unpaired) electrons. The number of fused-ring (bicyclic) bond motifs is 1. The van der Waals surface area contributed by atoms with Gasteiger partial charge in [0, 0.05) is 4.88 Å². The van der Waals surface area contributed by atoms with Gasteiger partial charge in [-0.2, -0.15) is 0 Å². The minimum absolute atomic E-state index is 0.211. The SMILES string of the molecule is O=C(Nc1ccc(C(=O)Nc2nc3c(s2)CCCCC3)s1)c1ccco1. The maximum absolute atomic E-state index is 12.5. The molecule has 0 saturated carbocycles. The molecular formula is C18H17N3O3S2. The summed E-state index contributed by atoms with van der Waals surface area (Å²) in [6, 6.07) is 6.63. The highest BCUT2D eigenvalue weighted by atomic mass is 32.1. The third-order valence-electron chi connectivity index (χ3n) is 4.13. The molecule has 0 fully saturated rings. The Morgan fingerprint density at radius 3 is 2.73 bits per heavy atom. The average molecular weight is 387 g/mol. The molecular weight excluding hydrogens is 370 g/mol. The fourth-order valence-corrected chi connectivity index (χ4v) is 4.69. The second-order valence-corrected chi connectivity index (χ2v) is 8.17.